The maximum Gasteiger partial charge on any atom is 0.336 e. The van der Waals surface area contributed by atoms with E-state index in [0.29, 0.717) is 12.0 Å². The highest BCUT2D eigenvalue weighted by Gasteiger charge is 2.20. The second-order valence-electron chi connectivity index (χ2n) is 6.70. The Bertz CT molecular complexity index is 1040. The number of rotatable bonds is 15. The molecule has 0 saturated carbocycles. The largest absolute Gasteiger partial charge is 0.478 e. The Hall–Kier alpha value is -4.73. The molecule has 0 atom stereocenters. The Morgan fingerprint density at radius 3 is 1.47 bits per heavy atom. The molecule has 0 amide bonds. The topological polar surface area (TPSA) is 141 Å². The highest BCUT2D eigenvalue weighted by atomic mass is 16.5. The van der Waals surface area contributed by atoms with Crippen molar-refractivity contribution in [2.45, 2.75) is 12.8 Å². The van der Waals surface area contributed by atoms with Crippen LogP contribution < -0.4 is 14.2 Å². The summed E-state index contributed by atoms with van der Waals surface area (Å²) in [4.78, 5) is 34.2. The van der Waals surface area contributed by atoms with Crippen LogP contribution in [0.25, 0.3) is 0 Å². The van der Waals surface area contributed by atoms with E-state index in [1.165, 1.54) is 18.2 Å². The standard InChI is InChI=1S/C14H14O4.C12H15N3O3/c1-3-5-9-7-8-11(13(15)16)10(6-4-2)12(9)14(17)18;1-4-7-16-10-13-11(17-8-5-2)15-12(14-10)18-9-6-3/h3-4,7-8H,1-2,5-6H2,(H,15,16)(H,17,18);4-6H,1-3,7-9H2. The van der Waals surface area contributed by atoms with Crippen LogP contribution in [-0.4, -0.2) is 56.9 Å². The van der Waals surface area contributed by atoms with Crippen molar-refractivity contribution in [3.05, 3.63) is 97.7 Å². The molecule has 0 aliphatic heterocycles. The number of benzene rings is 1. The van der Waals surface area contributed by atoms with Crippen molar-refractivity contribution in [3.8, 4) is 18.0 Å². The van der Waals surface area contributed by atoms with Gasteiger partial charge >= 0.3 is 30.0 Å². The number of allylic oxidation sites excluding steroid dienone is 2. The molecule has 0 radical (unpaired) electrons. The van der Waals surface area contributed by atoms with Gasteiger partial charge in [0.25, 0.3) is 0 Å². The molecule has 0 spiro atoms. The van der Waals surface area contributed by atoms with Crippen LogP contribution in [-0.2, 0) is 12.8 Å². The first kappa shape index (κ1) is 29.3. The van der Waals surface area contributed by atoms with Crippen molar-refractivity contribution < 1.29 is 34.0 Å². The molecular weight excluding hydrogens is 466 g/mol. The Kier molecular flexibility index (Phi) is 13.0. The average Bonchev–Trinajstić information content (AvgIpc) is 2.85. The zero-order valence-corrected chi connectivity index (χ0v) is 19.9. The van der Waals surface area contributed by atoms with Gasteiger partial charge in [0.1, 0.15) is 19.8 Å². The molecule has 2 aromatic rings. The lowest BCUT2D eigenvalue weighted by Gasteiger charge is -2.12. The zero-order valence-electron chi connectivity index (χ0n) is 19.9. The minimum Gasteiger partial charge on any atom is -0.478 e. The van der Waals surface area contributed by atoms with E-state index in [4.69, 9.17) is 19.3 Å². The van der Waals surface area contributed by atoms with Crippen molar-refractivity contribution in [2.75, 3.05) is 19.8 Å². The van der Waals surface area contributed by atoms with Crippen LogP contribution in [0, 0.1) is 0 Å². The van der Waals surface area contributed by atoms with Crippen LogP contribution in [0.4, 0.5) is 0 Å². The van der Waals surface area contributed by atoms with Gasteiger partial charge < -0.3 is 24.4 Å². The third-order valence-electron chi connectivity index (χ3n) is 4.12. The molecule has 0 fully saturated rings. The minimum absolute atomic E-state index is 0.000104. The Balaban J connectivity index is 0.000000360. The highest BCUT2D eigenvalue weighted by molar-refractivity contribution is 5.98. The normalized spacial score (nSPS) is 9.56. The number of aromatic nitrogens is 3. The van der Waals surface area contributed by atoms with Crippen molar-refractivity contribution >= 4 is 11.9 Å². The maximum absolute atomic E-state index is 11.3. The summed E-state index contributed by atoms with van der Waals surface area (Å²) in [6, 6.07) is 3.28. The molecular formula is C26H29N3O7. The highest BCUT2D eigenvalue weighted by Crippen LogP contribution is 2.22. The number of carbonyl (C=O) groups is 2. The van der Waals surface area contributed by atoms with Crippen molar-refractivity contribution in [2.24, 2.45) is 0 Å². The molecule has 0 aliphatic carbocycles. The van der Waals surface area contributed by atoms with E-state index < -0.39 is 11.9 Å². The minimum atomic E-state index is -1.14. The molecule has 0 unspecified atom stereocenters. The predicted molar refractivity (Wildman–Crippen MR) is 135 cm³/mol. The Morgan fingerprint density at radius 1 is 0.694 bits per heavy atom. The van der Waals surface area contributed by atoms with Crippen LogP contribution in [0.15, 0.2) is 75.4 Å². The molecule has 0 bridgehead atoms. The SMILES string of the molecule is C=CCOc1nc(OCC=C)nc(OCC=C)n1.C=CCc1ccc(C(=O)O)c(CC=C)c1C(=O)O. The zero-order chi connectivity index (χ0) is 26.9. The first-order valence-corrected chi connectivity index (χ1v) is 10.6. The van der Waals surface area contributed by atoms with Crippen LogP contribution in [0.3, 0.4) is 0 Å². The molecule has 2 N–H and O–H groups in total. The quantitative estimate of drug-likeness (QED) is 0.347. The third-order valence-corrected chi connectivity index (χ3v) is 4.12. The van der Waals surface area contributed by atoms with Gasteiger partial charge in [0.2, 0.25) is 0 Å². The van der Waals surface area contributed by atoms with E-state index in [1.54, 1.807) is 24.3 Å². The number of carboxylic acid groups (broad SMARTS) is 2. The third kappa shape index (κ3) is 9.26. The van der Waals surface area contributed by atoms with Gasteiger partial charge in [0, 0.05) is 0 Å². The lowest BCUT2D eigenvalue weighted by Crippen LogP contribution is -2.12. The van der Waals surface area contributed by atoms with Crippen molar-refractivity contribution in [3.63, 3.8) is 0 Å². The van der Waals surface area contributed by atoms with Gasteiger partial charge in [-0.3, -0.25) is 0 Å². The second-order valence-corrected chi connectivity index (χ2v) is 6.70. The molecule has 0 saturated heterocycles. The summed E-state index contributed by atoms with van der Waals surface area (Å²) in [6.45, 7) is 18.5. The molecule has 10 nitrogen and oxygen atoms in total. The predicted octanol–water partition coefficient (Wildman–Crippen LogP) is 4.11. The van der Waals surface area contributed by atoms with Crippen LogP contribution in [0.1, 0.15) is 31.8 Å². The average molecular weight is 496 g/mol. The summed E-state index contributed by atoms with van der Waals surface area (Å²) in [6.07, 6.45) is 8.40. The summed E-state index contributed by atoms with van der Waals surface area (Å²) in [7, 11) is 0. The van der Waals surface area contributed by atoms with E-state index in [-0.39, 0.29) is 61.0 Å². The van der Waals surface area contributed by atoms with E-state index in [1.807, 2.05) is 0 Å². The molecule has 0 aliphatic rings. The summed E-state index contributed by atoms with van der Waals surface area (Å²) >= 11 is 0. The van der Waals surface area contributed by atoms with Crippen LogP contribution >= 0.6 is 0 Å². The fourth-order valence-corrected chi connectivity index (χ4v) is 2.76. The van der Waals surface area contributed by atoms with Crippen LogP contribution in [0.5, 0.6) is 18.0 Å². The molecule has 190 valence electrons. The summed E-state index contributed by atoms with van der Waals surface area (Å²) in [5.74, 6) is -2.27. The fourth-order valence-electron chi connectivity index (χ4n) is 2.76. The van der Waals surface area contributed by atoms with Gasteiger partial charge in [-0.15, -0.1) is 28.1 Å². The Labute approximate surface area is 209 Å². The van der Waals surface area contributed by atoms with Gasteiger partial charge in [0.05, 0.1) is 11.1 Å². The van der Waals surface area contributed by atoms with Gasteiger partial charge in [-0.1, -0.05) is 56.2 Å². The maximum atomic E-state index is 11.3. The summed E-state index contributed by atoms with van der Waals surface area (Å²) in [5.41, 5.74) is 0.874. The molecule has 2 rings (SSSR count). The summed E-state index contributed by atoms with van der Waals surface area (Å²) in [5, 5.41) is 18.3. The number of aromatic carboxylic acids is 2. The second kappa shape index (κ2) is 16.0. The number of hydrogen-bond acceptors (Lipinski definition) is 8. The molecule has 1 aromatic carbocycles. The first-order valence-electron chi connectivity index (χ1n) is 10.6. The molecule has 1 heterocycles. The number of ether oxygens (including phenoxy) is 3. The smallest absolute Gasteiger partial charge is 0.336 e. The number of hydrogen-bond donors (Lipinski definition) is 2. The van der Waals surface area contributed by atoms with Gasteiger partial charge in [-0.05, 0) is 30.0 Å². The lowest BCUT2D eigenvalue weighted by atomic mass is 9.92. The lowest BCUT2D eigenvalue weighted by molar-refractivity contribution is 0.0694. The van der Waals surface area contributed by atoms with Gasteiger partial charge in [-0.2, -0.15) is 0 Å². The molecule has 10 heteroatoms. The Morgan fingerprint density at radius 2 is 1.14 bits per heavy atom. The number of carboxylic acids is 2. The van der Waals surface area contributed by atoms with Crippen molar-refractivity contribution in [1.29, 1.82) is 0 Å². The summed E-state index contributed by atoms with van der Waals surface area (Å²) < 4.78 is 15.6. The first-order chi connectivity index (χ1) is 17.3. The van der Waals surface area contributed by atoms with E-state index in [9.17, 15) is 14.7 Å². The molecule has 1 aromatic heterocycles. The van der Waals surface area contributed by atoms with Crippen LogP contribution in [0.2, 0.25) is 0 Å². The van der Waals surface area contributed by atoms with Crippen molar-refractivity contribution in [1.82, 2.24) is 15.0 Å². The monoisotopic (exact) mass is 495 g/mol. The fraction of sp³-hybridized carbons (Fsp3) is 0.192. The number of nitrogens with zero attached hydrogens (tertiary/aromatic N) is 3. The van der Waals surface area contributed by atoms with E-state index in [0.717, 1.165) is 0 Å². The van der Waals surface area contributed by atoms with Gasteiger partial charge in [-0.25, -0.2) is 9.59 Å². The molecule has 36 heavy (non-hydrogen) atoms. The van der Waals surface area contributed by atoms with E-state index in [2.05, 4.69) is 47.8 Å². The van der Waals surface area contributed by atoms with E-state index >= 15 is 0 Å². The van der Waals surface area contributed by atoms with Gasteiger partial charge in [0.15, 0.2) is 0 Å².